The Morgan fingerprint density at radius 2 is 1.90 bits per heavy atom. The minimum Gasteiger partial charge on any atom is -0.379 e. The number of piperidine rings is 1. The third-order valence-electron chi connectivity index (χ3n) is 7.78. The number of piperazine rings is 1. The topological polar surface area (TPSA) is 89.6 Å². The van der Waals surface area contributed by atoms with E-state index in [0.717, 1.165) is 73.8 Å². The first-order chi connectivity index (χ1) is 19.6. The van der Waals surface area contributed by atoms with E-state index in [9.17, 15) is 4.79 Å². The lowest BCUT2D eigenvalue weighted by molar-refractivity contribution is -0.135. The fourth-order valence-corrected chi connectivity index (χ4v) is 6.48. The van der Waals surface area contributed by atoms with Crippen LogP contribution < -0.4 is 10.2 Å². The second-order valence-electron chi connectivity index (χ2n) is 10.4. The highest BCUT2D eigenvalue weighted by Crippen LogP contribution is 2.33. The number of anilines is 2. The van der Waals surface area contributed by atoms with Crippen LogP contribution in [-0.4, -0.2) is 89.7 Å². The van der Waals surface area contributed by atoms with Gasteiger partial charge in [-0.05, 0) is 48.6 Å². The number of carbonyl (C=O) groups excluding carboxylic acids is 1. The van der Waals surface area contributed by atoms with Crippen molar-refractivity contribution >= 4 is 51.4 Å². The van der Waals surface area contributed by atoms with Gasteiger partial charge in [0.05, 0.1) is 16.9 Å². The number of fused-ring (bicyclic) bond motifs is 1. The van der Waals surface area contributed by atoms with E-state index in [1.165, 1.54) is 4.88 Å². The molecule has 2 fully saturated rings. The van der Waals surface area contributed by atoms with Crippen molar-refractivity contribution in [2.24, 2.45) is 0 Å². The number of amides is 1. The van der Waals surface area contributed by atoms with E-state index in [2.05, 4.69) is 66.9 Å². The fraction of sp³-hybridized carbons (Fsp3) is 0.414. The molecule has 0 bridgehead atoms. The average Bonchev–Trinajstić information content (AvgIpc) is 3.66. The van der Waals surface area contributed by atoms with Crippen molar-refractivity contribution in [2.75, 3.05) is 63.2 Å². The molecule has 210 valence electrons. The Morgan fingerprint density at radius 3 is 2.60 bits per heavy atom. The monoisotopic (exact) mass is 579 g/mol. The zero-order valence-electron chi connectivity index (χ0n) is 22.6. The van der Waals surface area contributed by atoms with Gasteiger partial charge in [-0.3, -0.25) is 9.69 Å². The molecule has 5 heterocycles. The maximum atomic E-state index is 12.1. The Bertz CT molecular complexity index is 1430. The molecule has 2 N–H and O–H groups in total. The molecule has 0 aliphatic carbocycles. The second kappa shape index (κ2) is 12.1. The molecule has 11 heteroatoms. The number of nitrogens with zero attached hydrogens (tertiary/aromatic N) is 5. The molecule has 3 aromatic heterocycles. The van der Waals surface area contributed by atoms with Gasteiger partial charge >= 0.3 is 0 Å². The normalized spacial score (nSPS) is 17.1. The van der Waals surface area contributed by atoms with Crippen LogP contribution in [0.3, 0.4) is 0 Å². The molecule has 2 saturated heterocycles. The first-order valence-corrected chi connectivity index (χ1v) is 15.0. The Balaban J connectivity index is 1.11. The number of ether oxygens (including phenoxy) is 1. The number of aromatic nitrogens is 3. The summed E-state index contributed by atoms with van der Waals surface area (Å²) < 4.78 is 4.99. The lowest BCUT2D eigenvalue weighted by atomic mass is 10.0. The molecule has 6 rings (SSSR count). The van der Waals surface area contributed by atoms with Crippen LogP contribution in [0.2, 0.25) is 5.02 Å². The third-order valence-corrected chi connectivity index (χ3v) is 8.92. The van der Waals surface area contributed by atoms with Gasteiger partial charge in [-0.1, -0.05) is 17.7 Å². The first kappa shape index (κ1) is 27.0. The number of hydrogen-bond donors (Lipinski definition) is 2. The Morgan fingerprint density at radius 1 is 1.12 bits per heavy atom. The molecule has 0 radical (unpaired) electrons. The number of benzene rings is 1. The summed E-state index contributed by atoms with van der Waals surface area (Å²) in [6.07, 6.45) is 3.80. The summed E-state index contributed by atoms with van der Waals surface area (Å²) in [4.78, 5) is 32.9. The van der Waals surface area contributed by atoms with E-state index in [4.69, 9.17) is 21.3 Å². The molecule has 0 spiro atoms. The standard InChI is InChI=1S/C29H34ClN7O2S/c1-39-19-25(38)37-14-12-36(13-15-37)22-6-4-20(5-7-22)28-33-27-26(24(30)17-31-29(27)34-28)32-21-8-10-35(11-9-21)18-23-3-2-16-40-23/h2-7,16-17,21H,8-15,18-19H2,1H3,(H2,31,32,33,34). The van der Waals surface area contributed by atoms with E-state index in [1.807, 2.05) is 16.2 Å². The summed E-state index contributed by atoms with van der Waals surface area (Å²) in [5, 5.41) is 6.44. The number of pyridine rings is 1. The highest BCUT2D eigenvalue weighted by Gasteiger charge is 2.23. The Hall–Kier alpha value is -3.18. The smallest absolute Gasteiger partial charge is 0.248 e. The van der Waals surface area contributed by atoms with Gasteiger partial charge in [-0.15, -0.1) is 11.3 Å². The number of nitrogens with one attached hydrogen (secondary N) is 2. The molecule has 40 heavy (non-hydrogen) atoms. The van der Waals surface area contributed by atoms with Crippen LogP contribution in [-0.2, 0) is 16.1 Å². The molecule has 1 aromatic carbocycles. The van der Waals surface area contributed by atoms with Crippen LogP contribution in [0.25, 0.3) is 22.6 Å². The number of halogens is 1. The number of imidazole rings is 1. The van der Waals surface area contributed by atoms with E-state index in [0.29, 0.717) is 29.8 Å². The number of thiophene rings is 1. The predicted molar refractivity (Wildman–Crippen MR) is 161 cm³/mol. The van der Waals surface area contributed by atoms with E-state index < -0.39 is 0 Å². The molecule has 0 saturated carbocycles. The molecule has 0 unspecified atom stereocenters. The van der Waals surface area contributed by atoms with E-state index in [-0.39, 0.29) is 12.5 Å². The minimum absolute atomic E-state index is 0.0459. The van der Waals surface area contributed by atoms with Gasteiger partial charge in [0.15, 0.2) is 5.65 Å². The van der Waals surface area contributed by atoms with Crippen LogP contribution >= 0.6 is 22.9 Å². The van der Waals surface area contributed by atoms with Crippen molar-refractivity contribution in [3.63, 3.8) is 0 Å². The molecule has 1 amide bonds. The number of rotatable bonds is 8. The third kappa shape index (κ3) is 5.95. The predicted octanol–water partition coefficient (Wildman–Crippen LogP) is 4.71. The summed E-state index contributed by atoms with van der Waals surface area (Å²) in [7, 11) is 1.55. The minimum atomic E-state index is 0.0459. The highest BCUT2D eigenvalue weighted by molar-refractivity contribution is 7.09. The molecular weight excluding hydrogens is 546 g/mol. The maximum absolute atomic E-state index is 12.1. The Kier molecular flexibility index (Phi) is 8.20. The number of carbonyl (C=O) groups is 1. The van der Waals surface area contributed by atoms with Crippen molar-refractivity contribution < 1.29 is 9.53 Å². The van der Waals surface area contributed by atoms with Gasteiger partial charge < -0.3 is 24.8 Å². The Labute approximate surface area is 243 Å². The average molecular weight is 580 g/mol. The van der Waals surface area contributed by atoms with Crippen LogP contribution in [0.5, 0.6) is 0 Å². The van der Waals surface area contributed by atoms with Crippen molar-refractivity contribution in [3.8, 4) is 11.4 Å². The number of likely N-dealkylation sites (tertiary alicyclic amines) is 1. The second-order valence-corrected chi connectivity index (χ2v) is 11.8. The van der Waals surface area contributed by atoms with Crippen LogP contribution in [0.4, 0.5) is 11.4 Å². The van der Waals surface area contributed by atoms with Crippen LogP contribution in [0.1, 0.15) is 17.7 Å². The van der Waals surface area contributed by atoms with Gasteiger partial charge in [0, 0.05) is 75.1 Å². The first-order valence-electron chi connectivity index (χ1n) is 13.7. The number of H-pyrrole nitrogens is 1. The molecule has 0 atom stereocenters. The highest BCUT2D eigenvalue weighted by atomic mass is 35.5. The van der Waals surface area contributed by atoms with Crippen molar-refractivity contribution in [3.05, 3.63) is 57.9 Å². The van der Waals surface area contributed by atoms with E-state index >= 15 is 0 Å². The number of methoxy groups -OCH3 is 1. The van der Waals surface area contributed by atoms with Gasteiger partial charge in [0.25, 0.3) is 0 Å². The SMILES string of the molecule is COCC(=O)N1CCN(c2ccc(-c3nc4ncc(Cl)c(NC5CCN(Cc6cccs6)CC5)c4[nH]3)cc2)CC1. The lowest BCUT2D eigenvalue weighted by Crippen LogP contribution is -2.49. The van der Waals surface area contributed by atoms with Crippen LogP contribution in [0.15, 0.2) is 48.0 Å². The summed E-state index contributed by atoms with van der Waals surface area (Å²) >= 11 is 8.46. The lowest BCUT2D eigenvalue weighted by Gasteiger charge is -2.36. The molecule has 2 aliphatic rings. The largest absolute Gasteiger partial charge is 0.379 e. The zero-order chi connectivity index (χ0) is 27.5. The molecular formula is C29H34ClN7O2S. The van der Waals surface area contributed by atoms with Crippen molar-refractivity contribution in [2.45, 2.75) is 25.4 Å². The van der Waals surface area contributed by atoms with Gasteiger partial charge in [0.1, 0.15) is 17.9 Å². The van der Waals surface area contributed by atoms with Gasteiger partial charge in [-0.25, -0.2) is 9.97 Å². The van der Waals surface area contributed by atoms with Crippen molar-refractivity contribution in [1.29, 1.82) is 0 Å². The summed E-state index contributed by atoms with van der Waals surface area (Å²) in [6, 6.07) is 13.0. The van der Waals surface area contributed by atoms with Gasteiger partial charge in [0.2, 0.25) is 5.91 Å². The summed E-state index contributed by atoms with van der Waals surface area (Å²) in [5.41, 5.74) is 4.48. The van der Waals surface area contributed by atoms with Crippen LogP contribution in [0, 0.1) is 0 Å². The molecule has 2 aliphatic heterocycles. The quantitative estimate of drug-likeness (QED) is 0.312. The van der Waals surface area contributed by atoms with Crippen molar-refractivity contribution in [1.82, 2.24) is 24.8 Å². The fourth-order valence-electron chi connectivity index (χ4n) is 5.53. The molecule has 4 aromatic rings. The maximum Gasteiger partial charge on any atom is 0.248 e. The number of hydrogen-bond acceptors (Lipinski definition) is 8. The summed E-state index contributed by atoms with van der Waals surface area (Å²) in [5.74, 6) is 0.810. The number of aromatic amines is 1. The molecule has 9 nitrogen and oxygen atoms in total. The zero-order valence-corrected chi connectivity index (χ0v) is 24.2. The van der Waals surface area contributed by atoms with E-state index in [1.54, 1.807) is 13.3 Å². The summed E-state index contributed by atoms with van der Waals surface area (Å²) in [6.45, 7) is 6.26. The van der Waals surface area contributed by atoms with Gasteiger partial charge in [-0.2, -0.15) is 0 Å².